The van der Waals surface area contributed by atoms with Crippen molar-refractivity contribution in [3.63, 3.8) is 0 Å². The minimum absolute atomic E-state index is 0.333. The number of benzene rings is 1. The number of hydrogen-bond acceptors (Lipinski definition) is 5. The normalized spacial score (nSPS) is 26.9. The van der Waals surface area contributed by atoms with E-state index in [1.54, 1.807) is 13.8 Å². The first kappa shape index (κ1) is 20.0. The summed E-state index contributed by atoms with van der Waals surface area (Å²) in [5.41, 5.74) is 7.87. The molecule has 4 atom stereocenters. The second kappa shape index (κ2) is 7.33. The molecule has 146 valence electrons. The van der Waals surface area contributed by atoms with Gasteiger partial charge in [0.15, 0.2) is 0 Å². The van der Waals surface area contributed by atoms with Crippen LogP contribution < -0.4 is 11.1 Å². The third kappa shape index (κ3) is 3.66. The molecule has 2 saturated heterocycles. The predicted molar refractivity (Wildman–Crippen MR) is 103 cm³/mol. The van der Waals surface area contributed by atoms with Gasteiger partial charge in [0.05, 0.1) is 6.04 Å². The number of carbonyl (C=O) groups excluding carboxylic acids is 2. The Kier molecular flexibility index (Phi) is 5.42. The predicted octanol–water partition coefficient (Wildman–Crippen LogP) is 0.927. The summed E-state index contributed by atoms with van der Waals surface area (Å²) in [5, 5.41) is 11.7. The fourth-order valence-corrected chi connectivity index (χ4v) is 5.32. The molecule has 4 N–H and O–H groups in total. The van der Waals surface area contributed by atoms with Crippen LogP contribution in [0.15, 0.2) is 24.3 Å². The quantitative estimate of drug-likeness (QED) is 0.474. The summed E-state index contributed by atoms with van der Waals surface area (Å²) in [5.74, 6) is -1.42. The van der Waals surface area contributed by atoms with E-state index in [1.807, 2.05) is 24.3 Å². The molecule has 4 unspecified atom stereocenters. The van der Waals surface area contributed by atoms with E-state index in [9.17, 15) is 19.5 Å². The first-order valence-electron chi connectivity index (χ1n) is 8.58. The molecule has 0 aromatic heterocycles. The van der Waals surface area contributed by atoms with Crippen LogP contribution in [0.5, 0.6) is 0 Å². The number of nitrogens with zero attached hydrogens (tertiary/aromatic N) is 1. The Balaban J connectivity index is 1.61. The fourth-order valence-electron chi connectivity index (χ4n) is 3.52. The van der Waals surface area contributed by atoms with Crippen LogP contribution in [0.2, 0.25) is 0 Å². The van der Waals surface area contributed by atoms with Crippen molar-refractivity contribution in [3.05, 3.63) is 35.4 Å². The minimum Gasteiger partial charge on any atom is -0.480 e. The van der Waals surface area contributed by atoms with Crippen LogP contribution in [0.1, 0.15) is 25.0 Å². The summed E-state index contributed by atoms with van der Waals surface area (Å²) in [6, 6.07) is 5.05. The summed E-state index contributed by atoms with van der Waals surface area (Å²) in [7, 11) is 0. The SMILES string of the molecule is CC1(C)SC2C(NC(=O)C(N)Cc3ccc(CCl)cc3)C(=O)N2C1C(=O)O. The highest BCUT2D eigenvalue weighted by atomic mass is 35.5. The van der Waals surface area contributed by atoms with Gasteiger partial charge in [-0.2, -0.15) is 0 Å². The highest BCUT2D eigenvalue weighted by Gasteiger charge is 2.64. The lowest BCUT2D eigenvalue weighted by molar-refractivity contribution is -0.161. The number of halogens is 1. The molecule has 1 aromatic rings. The third-order valence-corrected chi connectivity index (χ3v) is 6.82. The van der Waals surface area contributed by atoms with Gasteiger partial charge in [-0.3, -0.25) is 9.59 Å². The van der Waals surface area contributed by atoms with Gasteiger partial charge in [-0.1, -0.05) is 24.3 Å². The number of hydrogen-bond donors (Lipinski definition) is 3. The Morgan fingerprint density at radius 2 is 1.93 bits per heavy atom. The van der Waals surface area contributed by atoms with Gasteiger partial charge < -0.3 is 21.1 Å². The van der Waals surface area contributed by atoms with E-state index in [1.165, 1.54) is 16.7 Å². The Hall–Kier alpha value is -1.77. The molecule has 27 heavy (non-hydrogen) atoms. The van der Waals surface area contributed by atoms with Crippen molar-refractivity contribution in [3.8, 4) is 0 Å². The number of aliphatic carboxylic acids is 1. The number of β-lactam (4-membered cyclic amide) rings is 1. The molecule has 2 heterocycles. The summed E-state index contributed by atoms with van der Waals surface area (Å²) < 4.78 is -0.627. The highest BCUT2D eigenvalue weighted by Crippen LogP contribution is 2.50. The molecular weight excluding hydrogens is 390 g/mol. The molecule has 2 amide bonds. The number of amides is 2. The van der Waals surface area contributed by atoms with Gasteiger partial charge in [-0.25, -0.2) is 4.79 Å². The maximum atomic E-state index is 12.4. The molecule has 0 bridgehead atoms. The Morgan fingerprint density at radius 1 is 1.33 bits per heavy atom. The lowest BCUT2D eigenvalue weighted by atomic mass is 9.95. The van der Waals surface area contributed by atoms with E-state index in [0.29, 0.717) is 12.3 Å². The van der Waals surface area contributed by atoms with E-state index in [2.05, 4.69) is 5.32 Å². The third-order valence-electron chi connectivity index (χ3n) is 4.94. The number of fused-ring (bicyclic) bond motifs is 1. The van der Waals surface area contributed by atoms with E-state index in [0.717, 1.165) is 11.1 Å². The molecule has 0 saturated carbocycles. The van der Waals surface area contributed by atoms with Gasteiger partial charge in [-0.05, 0) is 31.4 Å². The van der Waals surface area contributed by atoms with Crippen molar-refractivity contribution in [2.24, 2.45) is 5.73 Å². The summed E-state index contributed by atoms with van der Waals surface area (Å²) in [6.45, 7) is 3.58. The number of nitrogens with two attached hydrogens (primary N) is 1. The molecular formula is C18H22ClN3O4S. The topological polar surface area (TPSA) is 113 Å². The number of alkyl halides is 1. The number of carboxylic acid groups (broad SMARTS) is 1. The number of carbonyl (C=O) groups is 3. The summed E-state index contributed by atoms with van der Waals surface area (Å²) >= 11 is 7.14. The number of rotatable bonds is 6. The lowest BCUT2D eigenvalue weighted by Gasteiger charge is -2.43. The van der Waals surface area contributed by atoms with Crippen LogP contribution in [-0.4, -0.2) is 56.0 Å². The maximum Gasteiger partial charge on any atom is 0.327 e. The lowest BCUT2D eigenvalue weighted by Crippen LogP contribution is -2.71. The summed E-state index contributed by atoms with van der Waals surface area (Å²) in [4.78, 5) is 37.7. The van der Waals surface area contributed by atoms with Gasteiger partial charge >= 0.3 is 5.97 Å². The van der Waals surface area contributed by atoms with E-state index in [4.69, 9.17) is 17.3 Å². The van der Waals surface area contributed by atoms with E-state index >= 15 is 0 Å². The number of nitrogens with one attached hydrogen (secondary N) is 1. The Labute approximate surface area is 166 Å². The smallest absolute Gasteiger partial charge is 0.327 e. The Morgan fingerprint density at radius 3 is 2.48 bits per heavy atom. The standard InChI is InChI=1S/C18H22ClN3O4S/c1-18(2)13(17(25)26)22-15(24)12(16(22)27-18)21-14(23)11(20)7-9-3-5-10(8-19)6-4-9/h3-6,11-13,16H,7-8,20H2,1-2H3,(H,21,23)(H,25,26). The second-order valence-corrected chi connectivity index (χ2v) is 9.38. The zero-order chi connectivity index (χ0) is 19.9. The van der Waals surface area contributed by atoms with Crippen molar-refractivity contribution in [2.45, 2.75) is 54.4 Å². The zero-order valence-electron chi connectivity index (χ0n) is 15.0. The van der Waals surface area contributed by atoms with Crippen molar-refractivity contribution in [1.29, 1.82) is 0 Å². The van der Waals surface area contributed by atoms with Crippen LogP contribution in [0.25, 0.3) is 0 Å². The average Bonchev–Trinajstić information content (AvgIpc) is 2.88. The largest absolute Gasteiger partial charge is 0.480 e. The average molecular weight is 412 g/mol. The van der Waals surface area contributed by atoms with Crippen molar-refractivity contribution in [2.75, 3.05) is 0 Å². The van der Waals surface area contributed by atoms with Gasteiger partial charge in [0.25, 0.3) is 0 Å². The van der Waals surface area contributed by atoms with E-state index < -0.39 is 34.7 Å². The van der Waals surface area contributed by atoms with Gasteiger partial charge in [-0.15, -0.1) is 23.4 Å². The maximum absolute atomic E-state index is 12.4. The molecule has 9 heteroatoms. The number of thioether (sulfide) groups is 1. The molecule has 0 spiro atoms. The van der Waals surface area contributed by atoms with E-state index in [-0.39, 0.29) is 11.3 Å². The molecule has 0 aliphatic carbocycles. The van der Waals surface area contributed by atoms with Gasteiger partial charge in [0.2, 0.25) is 11.8 Å². The first-order valence-corrected chi connectivity index (χ1v) is 9.99. The Bertz CT molecular complexity index is 770. The molecule has 3 rings (SSSR count). The molecule has 0 radical (unpaired) electrons. The molecule has 2 aliphatic rings. The van der Waals surface area contributed by atoms with Gasteiger partial charge in [0, 0.05) is 10.6 Å². The monoisotopic (exact) mass is 411 g/mol. The fraction of sp³-hybridized carbons (Fsp3) is 0.500. The first-order chi connectivity index (χ1) is 12.7. The molecule has 1 aromatic carbocycles. The van der Waals surface area contributed by atoms with Crippen LogP contribution in [-0.2, 0) is 26.7 Å². The molecule has 2 fully saturated rings. The van der Waals surface area contributed by atoms with Crippen molar-refractivity contribution < 1.29 is 19.5 Å². The van der Waals surface area contributed by atoms with Crippen LogP contribution >= 0.6 is 23.4 Å². The summed E-state index contributed by atoms with van der Waals surface area (Å²) in [6.07, 6.45) is 0.333. The van der Waals surface area contributed by atoms with Crippen LogP contribution in [0.3, 0.4) is 0 Å². The molecule has 7 nitrogen and oxygen atoms in total. The second-order valence-electron chi connectivity index (χ2n) is 7.35. The zero-order valence-corrected chi connectivity index (χ0v) is 16.6. The van der Waals surface area contributed by atoms with Gasteiger partial charge in [0.1, 0.15) is 17.5 Å². The minimum atomic E-state index is -1.04. The number of carboxylic acids is 1. The van der Waals surface area contributed by atoms with Crippen molar-refractivity contribution >= 4 is 41.1 Å². The highest BCUT2D eigenvalue weighted by molar-refractivity contribution is 8.01. The van der Waals surface area contributed by atoms with Crippen molar-refractivity contribution in [1.82, 2.24) is 10.2 Å². The van der Waals surface area contributed by atoms with Crippen LogP contribution in [0.4, 0.5) is 0 Å². The molecule has 2 aliphatic heterocycles. The van der Waals surface area contributed by atoms with Crippen LogP contribution in [0, 0.1) is 0 Å².